The summed E-state index contributed by atoms with van der Waals surface area (Å²) in [6.07, 6.45) is 0. The molecule has 18 heavy (non-hydrogen) atoms. The molecule has 0 amide bonds. The molecule has 1 aromatic carbocycles. The van der Waals surface area contributed by atoms with Crippen molar-refractivity contribution in [2.24, 2.45) is 5.92 Å². The van der Waals surface area contributed by atoms with Gasteiger partial charge in [0.2, 0.25) is 10.0 Å². The first kappa shape index (κ1) is 13.0. The maximum absolute atomic E-state index is 12.1. The van der Waals surface area contributed by atoms with Crippen molar-refractivity contribution >= 4 is 15.7 Å². The monoisotopic (exact) mass is 270 g/mol. The van der Waals surface area contributed by atoms with Crippen molar-refractivity contribution in [1.82, 2.24) is 4.31 Å². The van der Waals surface area contributed by atoms with E-state index in [1.54, 1.807) is 0 Å². The average Bonchev–Trinajstić information content (AvgIpc) is 3.09. The Morgan fingerprint density at radius 3 is 2.28 bits per heavy atom. The lowest BCUT2D eigenvalue weighted by molar-refractivity contribution is -0.384. The lowest BCUT2D eigenvalue weighted by Crippen LogP contribution is -2.17. The molecule has 1 saturated heterocycles. The molecule has 1 fully saturated rings. The van der Waals surface area contributed by atoms with Gasteiger partial charge < -0.3 is 0 Å². The predicted molar refractivity (Wildman–Crippen MR) is 65.6 cm³/mol. The van der Waals surface area contributed by atoms with Gasteiger partial charge in [0.25, 0.3) is 5.69 Å². The van der Waals surface area contributed by atoms with Gasteiger partial charge in [-0.15, -0.1) is 0 Å². The molecule has 2 atom stereocenters. The van der Waals surface area contributed by atoms with Crippen LogP contribution < -0.4 is 0 Å². The van der Waals surface area contributed by atoms with Crippen LogP contribution in [0.3, 0.4) is 0 Å². The maximum Gasteiger partial charge on any atom is 0.269 e. The van der Waals surface area contributed by atoms with Gasteiger partial charge in [0.15, 0.2) is 0 Å². The second-order valence-electron chi connectivity index (χ2n) is 4.64. The molecule has 0 saturated carbocycles. The number of benzene rings is 1. The molecule has 0 aromatic heterocycles. The van der Waals surface area contributed by atoms with E-state index in [9.17, 15) is 18.5 Å². The highest BCUT2D eigenvalue weighted by Gasteiger charge is 2.46. The Bertz CT molecular complexity index is 565. The normalized spacial score (nSPS) is 23.1. The molecule has 1 aliphatic rings. The van der Waals surface area contributed by atoms with Crippen LogP contribution in [0, 0.1) is 16.0 Å². The minimum atomic E-state index is -3.49. The van der Waals surface area contributed by atoms with Gasteiger partial charge in [-0.1, -0.05) is 13.8 Å². The summed E-state index contributed by atoms with van der Waals surface area (Å²) in [5.41, 5.74) is -0.111. The standard InChI is InChI=1S/C11H14N2O4S/c1-8(2)11-7-12(11)18(16,17)10-5-3-9(4-6-10)13(14)15/h3-6,8,11H,7H2,1-2H3/t11-,12?/m0/s1. The van der Waals surface area contributed by atoms with Crippen LogP contribution in [0.4, 0.5) is 5.69 Å². The molecule has 0 spiro atoms. The molecule has 0 bridgehead atoms. The molecule has 7 heteroatoms. The van der Waals surface area contributed by atoms with E-state index in [4.69, 9.17) is 0 Å². The number of rotatable bonds is 4. The molecule has 1 unspecified atom stereocenters. The minimum absolute atomic E-state index is 0.0465. The number of non-ortho nitro benzene ring substituents is 1. The van der Waals surface area contributed by atoms with Crippen molar-refractivity contribution in [3.63, 3.8) is 0 Å². The van der Waals surface area contributed by atoms with E-state index in [1.165, 1.54) is 28.6 Å². The van der Waals surface area contributed by atoms with E-state index in [0.717, 1.165) is 0 Å². The van der Waals surface area contributed by atoms with E-state index >= 15 is 0 Å². The van der Waals surface area contributed by atoms with Gasteiger partial charge >= 0.3 is 0 Å². The molecule has 1 aromatic rings. The van der Waals surface area contributed by atoms with Gasteiger partial charge in [0, 0.05) is 24.7 Å². The van der Waals surface area contributed by atoms with Gasteiger partial charge in [-0.05, 0) is 18.1 Å². The van der Waals surface area contributed by atoms with Gasteiger partial charge in [0.05, 0.1) is 9.82 Å². The number of nitro benzene ring substituents is 1. The molecular formula is C11H14N2O4S. The highest BCUT2D eigenvalue weighted by atomic mass is 32.2. The first-order valence-corrected chi connectivity index (χ1v) is 7.04. The van der Waals surface area contributed by atoms with E-state index in [-0.39, 0.29) is 22.5 Å². The summed E-state index contributed by atoms with van der Waals surface area (Å²) < 4.78 is 25.7. The summed E-state index contributed by atoms with van der Waals surface area (Å²) in [7, 11) is -3.49. The zero-order valence-corrected chi connectivity index (χ0v) is 10.9. The Labute approximate surface area is 105 Å². The Morgan fingerprint density at radius 2 is 1.89 bits per heavy atom. The third-order valence-corrected chi connectivity index (χ3v) is 4.93. The summed E-state index contributed by atoms with van der Waals surface area (Å²) >= 11 is 0. The van der Waals surface area contributed by atoms with Gasteiger partial charge in [-0.25, -0.2) is 8.42 Å². The van der Waals surface area contributed by atoms with Crippen LogP contribution in [0.5, 0.6) is 0 Å². The average molecular weight is 270 g/mol. The summed E-state index contributed by atoms with van der Waals surface area (Å²) in [6, 6.07) is 5.03. The SMILES string of the molecule is CC(C)[C@@H]1CN1S(=O)(=O)c1ccc([N+](=O)[O-])cc1. The summed E-state index contributed by atoms with van der Waals surface area (Å²) in [4.78, 5) is 10.1. The molecule has 1 heterocycles. The van der Waals surface area contributed by atoms with Crippen molar-refractivity contribution < 1.29 is 13.3 Å². The van der Waals surface area contributed by atoms with E-state index in [1.807, 2.05) is 13.8 Å². The first-order valence-electron chi connectivity index (χ1n) is 5.60. The third-order valence-electron chi connectivity index (χ3n) is 3.03. The van der Waals surface area contributed by atoms with Crippen molar-refractivity contribution in [3.8, 4) is 0 Å². The summed E-state index contributed by atoms with van der Waals surface area (Å²) in [5, 5.41) is 10.5. The molecular weight excluding hydrogens is 256 g/mol. The fourth-order valence-electron chi connectivity index (χ4n) is 1.83. The van der Waals surface area contributed by atoms with Crippen LogP contribution in [-0.4, -0.2) is 30.2 Å². The van der Waals surface area contributed by atoms with E-state index in [0.29, 0.717) is 6.54 Å². The molecule has 2 rings (SSSR count). The van der Waals surface area contributed by atoms with Crippen LogP contribution in [0.25, 0.3) is 0 Å². The Hall–Kier alpha value is -1.47. The number of nitro groups is 1. The quantitative estimate of drug-likeness (QED) is 0.473. The van der Waals surface area contributed by atoms with Gasteiger partial charge in [0.1, 0.15) is 0 Å². The fourth-order valence-corrected chi connectivity index (χ4v) is 3.53. The second kappa shape index (κ2) is 4.33. The third kappa shape index (κ3) is 2.23. The van der Waals surface area contributed by atoms with Crippen LogP contribution in [0.1, 0.15) is 13.8 Å². The molecule has 98 valence electrons. The van der Waals surface area contributed by atoms with E-state index in [2.05, 4.69) is 0 Å². The predicted octanol–water partition coefficient (Wildman–Crippen LogP) is 1.62. The van der Waals surface area contributed by atoms with Crippen LogP contribution in [0.2, 0.25) is 0 Å². The number of hydrogen-bond donors (Lipinski definition) is 0. The zero-order chi connectivity index (χ0) is 13.5. The summed E-state index contributed by atoms with van der Waals surface area (Å²) in [6.45, 7) is 4.46. The smallest absolute Gasteiger partial charge is 0.258 e. The van der Waals surface area contributed by atoms with Gasteiger partial charge in [-0.2, -0.15) is 4.31 Å². The molecule has 0 N–H and O–H groups in total. The highest BCUT2D eigenvalue weighted by Crippen LogP contribution is 2.33. The summed E-state index contributed by atoms with van der Waals surface area (Å²) in [5.74, 6) is 0.276. The Kier molecular flexibility index (Phi) is 3.12. The fraction of sp³-hybridized carbons (Fsp3) is 0.455. The van der Waals surface area contributed by atoms with Crippen molar-refractivity contribution in [2.45, 2.75) is 24.8 Å². The van der Waals surface area contributed by atoms with Crippen LogP contribution in [0.15, 0.2) is 29.2 Å². The lowest BCUT2D eigenvalue weighted by atomic mass is 10.1. The van der Waals surface area contributed by atoms with Crippen molar-refractivity contribution in [3.05, 3.63) is 34.4 Å². The lowest BCUT2D eigenvalue weighted by Gasteiger charge is -2.07. The van der Waals surface area contributed by atoms with E-state index < -0.39 is 14.9 Å². The van der Waals surface area contributed by atoms with Crippen LogP contribution in [-0.2, 0) is 10.0 Å². The highest BCUT2D eigenvalue weighted by molar-refractivity contribution is 7.89. The molecule has 0 aliphatic carbocycles. The number of nitrogens with zero attached hydrogens (tertiary/aromatic N) is 2. The van der Waals surface area contributed by atoms with Crippen LogP contribution >= 0.6 is 0 Å². The zero-order valence-electron chi connectivity index (χ0n) is 10.1. The Balaban J connectivity index is 2.24. The first-order chi connectivity index (χ1) is 8.34. The van der Waals surface area contributed by atoms with Crippen molar-refractivity contribution in [2.75, 3.05) is 6.54 Å². The molecule has 6 nitrogen and oxygen atoms in total. The maximum atomic E-state index is 12.1. The number of sulfonamides is 1. The van der Waals surface area contributed by atoms with Gasteiger partial charge in [-0.3, -0.25) is 10.1 Å². The second-order valence-corrected chi connectivity index (χ2v) is 6.53. The topological polar surface area (TPSA) is 80.3 Å². The molecule has 1 aliphatic heterocycles. The minimum Gasteiger partial charge on any atom is -0.258 e. The molecule has 0 radical (unpaired) electrons. The number of hydrogen-bond acceptors (Lipinski definition) is 4. The Morgan fingerprint density at radius 1 is 1.33 bits per heavy atom. The van der Waals surface area contributed by atoms with Crippen molar-refractivity contribution in [1.29, 1.82) is 0 Å². The largest absolute Gasteiger partial charge is 0.269 e.